The van der Waals surface area contributed by atoms with E-state index in [0.29, 0.717) is 0 Å². The van der Waals surface area contributed by atoms with E-state index in [2.05, 4.69) is 184 Å². The molecule has 0 unspecified atom stereocenters. The summed E-state index contributed by atoms with van der Waals surface area (Å²) in [5.41, 5.74) is 8.44. The highest BCUT2D eigenvalue weighted by Gasteiger charge is 2.34. The molecule has 0 bridgehead atoms. The molecule has 40 heavy (non-hydrogen) atoms. The summed E-state index contributed by atoms with van der Waals surface area (Å²) in [6.45, 7) is 0. The molecular weight excluding hydrogens is 572 g/mol. The van der Waals surface area contributed by atoms with Crippen LogP contribution in [0.25, 0.3) is 0 Å². The fourth-order valence-electron chi connectivity index (χ4n) is 5.77. The van der Waals surface area contributed by atoms with Crippen molar-refractivity contribution in [1.82, 2.24) is 37.4 Å². The molecular formula is C28H62N8P4. The van der Waals surface area contributed by atoms with Crippen molar-refractivity contribution in [2.75, 3.05) is 113 Å². The van der Waals surface area contributed by atoms with E-state index < -0.39 is 28.7 Å². The maximum Gasteiger partial charge on any atom is 0.0393 e. The Morgan fingerprint density at radius 2 is 0.600 bits per heavy atom. The molecule has 8 nitrogen and oxygen atoms in total. The molecule has 0 spiro atoms. The molecule has 0 saturated heterocycles. The van der Waals surface area contributed by atoms with E-state index in [-0.39, 0.29) is 0 Å². The first-order valence-corrected chi connectivity index (χ1v) is 21.5. The van der Waals surface area contributed by atoms with E-state index in [1.54, 1.807) is 0 Å². The Hall–Kier alpha value is 0.360. The number of hydrogen-bond donors (Lipinski definition) is 0. The Kier molecular flexibility index (Phi) is 12.8. The van der Waals surface area contributed by atoms with E-state index in [1.807, 2.05) is 0 Å². The van der Waals surface area contributed by atoms with Gasteiger partial charge in [0.15, 0.2) is 0 Å². The highest BCUT2D eigenvalue weighted by Crippen LogP contribution is 2.66. The molecule has 0 aliphatic carbocycles. The van der Waals surface area contributed by atoms with Gasteiger partial charge in [-0.15, -0.1) is 0 Å². The summed E-state index contributed by atoms with van der Waals surface area (Å²) in [7, 11) is 29.3. The van der Waals surface area contributed by atoms with Crippen LogP contribution in [0.1, 0.15) is 25.7 Å². The van der Waals surface area contributed by atoms with Gasteiger partial charge in [-0.05, 0) is 184 Å². The van der Waals surface area contributed by atoms with Crippen LogP contribution in [0.4, 0.5) is 0 Å². The Balaban J connectivity index is 2.46. The number of nitrogens with zero attached hydrogens (tertiary/aromatic N) is 8. The van der Waals surface area contributed by atoms with Gasteiger partial charge < -0.3 is 0 Å². The molecule has 0 N–H and O–H groups in total. The van der Waals surface area contributed by atoms with Gasteiger partial charge in [0.1, 0.15) is 0 Å². The summed E-state index contributed by atoms with van der Waals surface area (Å²) in [5.74, 6) is 10.5. The fourth-order valence-corrected chi connectivity index (χ4v) is 25.2. The average molecular weight is 635 g/mol. The molecule has 0 aromatic heterocycles. The largest absolute Gasteiger partial charge is 0.275 e. The topological polar surface area (TPSA) is 25.9 Å². The molecule has 2 aliphatic rings. The van der Waals surface area contributed by atoms with Gasteiger partial charge in [-0.1, -0.05) is 0 Å². The molecule has 0 amide bonds. The van der Waals surface area contributed by atoms with Gasteiger partial charge in [0.25, 0.3) is 0 Å². The smallest absolute Gasteiger partial charge is 0.0393 e. The molecule has 0 aromatic carbocycles. The van der Waals surface area contributed by atoms with Crippen molar-refractivity contribution in [3.63, 3.8) is 0 Å². The van der Waals surface area contributed by atoms with E-state index in [4.69, 9.17) is 0 Å². The van der Waals surface area contributed by atoms with Crippen LogP contribution < -0.4 is 0 Å². The molecule has 2 aliphatic heterocycles. The Bertz CT molecular complexity index is 1010. The number of hydrogen-bond acceptors (Lipinski definition) is 8. The monoisotopic (exact) mass is 634 g/mol. The van der Waals surface area contributed by atoms with Gasteiger partial charge in [-0.25, -0.2) is 0 Å². The standard InChI is InChI=1S/C28H62N8P4/c1-29(2)37(30(3)4)21-27(22-38(25-37,31(5)6)32(7)8)19-17-18-20-28-23-39(33(9)10,34(11)12)26-40(24-28,35(13)14)36(15)16/h21-26H,17-20H2,1-16H3. The minimum atomic E-state index is -1.69. The number of allylic oxidation sites excluding steroid dienone is 2. The zero-order chi connectivity index (χ0) is 30.8. The van der Waals surface area contributed by atoms with Crippen LogP contribution in [0.2, 0.25) is 0 Å². The Labute approximate surface area is 249 Å². The summed E-state index contributed by atoms with van der Waals surface area (Å²) >= 11 is 0. The first-order chi connectivity index (χ1) is 18.3. The third-order valence-electron chi connectivity index (χ3n) is 8.41. The normalized spacial score (nSPS) is 21.6. The maximum absolute atomic E-state index is 2.69. The van der Waals surface area contributed by atoms with Crippen LogP contribution in [-0.4, -0.2) is 173 Å². The third kappa shape index (κ3) is 7.02. The molecule has 2 heterocycles. The molecule has 0 aromatic rings. The van der Waals surface area contributed by atoms with E-state index >= 15 is 0 Å². The highest BCUT2D eigenvalue weighted by atomic mass is 31.2. The lowest BCUT2D eigenvalue weighted by atomic mass is 10.1. The van der Waals surface area contributed by atoms with Crippen molar-refractivity contribution in [3.8, 4) is 0 Å². The van der Waals surface area contributed by atoms with Crippen LogP contribution in [0.15, 0.2) is 22.8 Å². The van der Waals surface area contributed by atoms with Gasteiger partial charge in [0, 0.05) is 28.7 Å². The lowest BCUT2D eigenvalue weighted by molar-refractivity contribution is 0.573. The summed E-state index contributed by atoms with van der Waals surface area (Å²) in [5, 5.41) is 0. The Morgan fingerprint density at radius 3 is 0.800 bits per heavy atom. The minimum Gasteiger partial charge on any atom is -0.275 e. The maximum atomic E-state index is 2.69. The van der Waals surface area contributed by atoms with E-state index in [1.165, 1.54) is 24.0 Å². The summed E-state index contributed by atoms with van der Waals surface area (Å²) in [4.78, 5) is 0. The number of rotatable bonds is 13. The molecule has 2 rings (SSSR count). The van der Waals surface area contributed by atoms with Crippen molar-refractivity contribution < 1.29 is 0 Å². The van der Waals surface area contributed by atoms with Crippen molar-refractivity contribution >= 4 is 51.4 Å². The highest BCUT2D eigenvalue weighted by molar-refractivity contribution is 7.99. The minimum absolute atomic E-state index is 1.13. The second kappa shape index (κ2) is 14.0. The quantitative estimate of drug-likeness (QED) is 0.198. The predicted octanol–water partition coefficient (Wildman–Crippen LogP) is 5.35. The zero-order valence-corrected chi connectivity index (χ0v) is 32.2. The van der Waals surface area contributed by atoms with Crippen LogP contribution in [0.5, 0.6) is 0 Å². The van der Waals surface area contributed by atoms with Gasteiger partial charge >= 0.3 is 0 Å². The van der Waals surface area contributed by atoms with Gasteiger partial charge in [0.2, 0.25) is 0 Å². The lowest BCUT2D eigenvalue weighted by Gasteiger charge is -2.46. The number of unbranched alkanes of at least 4 members (excludes halogenated alkanes) is 1. The SMILES string of the molecule is CN(C)P1(N(C)C)=CC(CCCCC2=CP(N(C)C)(N(C)C)=CP(N(C)C)(N(C)C)=C2)=CP(N(C)C)(N(C)C)=C1. The van der Waals surface area contributed by atoms with Crippen molar-refractivity contribution in [1.29, 1.82) is 0 Å². The molecule has 0 saturated carbocycles. The van der Waals surface area contributed by atoms with Crippen LogP contribution in [0, 0.1) is 0 Å². The Morgan fingerprint density at radius 1 is 0.375 bits per heavy atom. The molecule has 0 atom stereocenters. The van der Waals surface area contributed by atoms with Crippen LogP contribution >= 0.6 is 28.7 Å². The summed E-state index contributed by atoms with van der Waals surface area (Å²) in [6, 6.07) is 0. The van der Waals surface area contributed by atoms with E-state index in [0.717, 1.165) is 12.8 Å². The predicted molar refractivity (Wildman–Crippen MR) is 196 cm³/mol. The second-order valence-electron chi connectivity index (χ2n) is 12.7. The van der Waals surface area contributed by atoms with E-state index in [9.17, 15) is 0 Å². The molecule has 234 valence electrons. The average Bonchev–Trinajstić information content (AvgIpc) is 2.84. The fraction of sp³-hybridized carbons (Fsp3) is 0.714. The van der Waals surface area contributed by atoms with Crippen LogP contribution in [0.3, 0.4) is 0 Å². The van der Waals surface area contributed by atoms with Crippen molar-refractivity contribution in [3.05, 3.63) is 22.8 Å². The van der Waals surface area contributed by atoms with Crippen molar-refractivity contribution in [2.45, 2.75) is 25.7 Å². The third-order valence-corrected chi connectivity index (χ3v) is 26.9. The van der Waals surface area contributed by atoms with Gasteiger partial charge in [-0.3, -0.25) is 37.4 Å². The van der Waals surface area contributed by atoms with Crippen molar-refractivity contribution in [2.24, 2.45) is 0 Å². The van der Waals surface area contributed by atoms with Gasteiger partial charge in [0.05, 0.1) is 0 Å². The first kappa shape index (κ1) is 36.6. The molecule has 12 heteroatoms. The van der Waals surface area contributed by atoms with Crippen LogP contribution in [-0.2, 0) is 0 Å². The summed E-state index contributed by atoms with van der Waals surface area (Å²) in [6.07, 6.45) is 4.65. The second-order valence-corrected chi connectivity index (χ2v) is 27.6. The molecule has 0 radical (unpaired) electrons. The van der Waals surface area contributed by atoms with Gasteiger partial charge in [-0.2, -0.15) is 0 Å². The lowest BCUT2D eigenvalue weighted by Crippen LogP contribution is -2.30. The summed E-state index contributed by atoms with van der Waals surface area (Å²) < 4.78 is 19.8. The zero-order valence-electron chi connectivity index (χ0n) is 28.7. The first-order valence-electron chi connectivity index (χ1n) is 14.2. The molecule has 0 fully saturated rings.